The number of hydrogen-bond donors (Lipinski definition) is 2. The first-order chi connectivity index (χ1) is 14.0. The monoisotopic (exact) mass is 419 g/mol. The van der Waals surface area contributed by atoms with Crippen molar-refractivity contribution in [1.29, 1.82) is 0 Å². The van der Waals surface area contributed by atoms with E-state index in [0.29, 0.717) is 41.0 Å². The molecule has 2 aromatic rings. The average Bonchev–Trinajstić information content (AvgIpc) is 2.71. The molecule has 2 rings (SSSR count). The number of likely N-dealkylation sites (N-methyl/N-ethyl adjacent to an activating group) is 1. The Bertz CT molecular complexity index is 844. The lowest BCUT2D eigenvalue weighted by atomic mass is 10.2. The van der Waals surface area contributed by atoms with Crippen molar-refractivity contribution in [2.24, 2.45) is 0 Å². The van der Waals surface area contributed by atoms with Gasteiger partial charge in [-0.25, -0.2) is 0 Å². The number of nitrogens with zero attached hydrogens (tertiary/aromatic N) is 1. The first kappa shape index (κ1) is 22.5. The number of nitrogens with one attached hydrogen (secondary N) is 2. The van der Waals surface area contributed by atoms with Crippen LogP contribution in [0.1, 0.15) is 13.3 Å². The Morgan fingerprint density at radius 1 is 0.966 bits per heavy atom. The SMILES string of the molecule is CCN(CCC(=O)Nc1cc(Cl)ccc1OC)CC(=O)Nc1ccccc1OC. The van der Waals surface area contributed by atoms with Crippen LogP contribution in [0, 0.1) is 0 Å². The zero-order chi connectivity index (χ0) is 21.2. The summed E-state index contributed by atoms with van der Waals surface area (Å²) < 4.78 is 10.5. The summed E-state index contributed by atoms with van der Waals surface area (Å²) in [6.07, 6.45) is 0.228. The summed E-state index contributed by atoms with van der Waals surface area (Å²) in [7, 11) is 3.08. The Labute approximate surface area is 175 Å². The van der Waals surface area contributed by atoms with Crippen LogP contribution < -0.4 is 20.1 Å². The van der Waals surface area contributed by atoms with Gasteiger partial charge in [-0.2, -0.15) is 0 Å². The molecule has 0 atom stereocenters. The number of rotatable bonds is 10. The Hall–Kier alpha value is -2.77. The number of anilines is 2. The second kappa shape index (κ2) is 11.3. The molecule has 0 saturated carbocycles. The maximum atomic E-state index is 12.4. The van der Waals surface area contributed by atoms with E-state index in [0.717, 1.165) is 0 Å². The predicted octanol–water partition coefficient (Wildman–Crippen LogP) is 3.65. The smallest absolute Gasteiger partial charge is 0.238 e. The molecule has 0 radical (unpaired) electrons. The number of carbonyl (C=O) groups is 2. The molecular formula is C21H26ClN3O4. The maximum Gasteiger partial charge on any atom is 0.238 e. The molecule has 0 spiro atoms. The highest BCUT2D eigenvalue weighted by molar-refractivity contribution is 6.31. The van der Waals surface area contributed by atoms with Gasteiger partial charge in [0.1, 0.15) is 11.5 Å². The van der Waals surface area contributed by atoms with Crippen molar-refractivity contribution in [3.05, 3.63) is 47.5 Å². The molecule has 0 fully saturated rings. The molecular weight excluding hydrogens is 394 g/mol. The van der Waals surface area contributed by atoms with Crippen molar-refractivity contribution in [3.8, 4) is 11.5 Å². The molecule has 0 unspecified atom stereocenters. The zero-order valence-corrected chi connectivity index (χ0v) is 17.6. The number of carbonyl (C=O) groups excluding carboxylic acids is 2. The second-order valence-corrected chi connectivity index (χ2v) is 6.70. The standard InChI is InChI=1S/C21H26ClN3O4/c1-4-25(14-21(27)23-16-7-5-6-8-18(16)28-2)12-11-20(26)24-17-13-15(22)9-10-19(17)29-3/h5-10,13H,4,11-12,14H2,1-3H3,(H,23,27)(H,24,26). The van der Waals surface area contributed by atoms with E-state index < -0.39 is 0 Å². The molecule has 0 aliphatic carbocycles. The molecule has 29 heavy (non-hydrogen) atoms. The minimum Gasteiger partial charge on any atom is -0.495 e. The lowest BCUT2D eigenvalue weighted by Crippen LogP contribution is -2.35. The van der Waals surface area contributed by atoms with E-state index in [4.69, 9.17) is 21.1 Å². The summed E-state index contributed by atoms with van der Waals surface area (Å²) in [5.74, 6) is 0.771. The van der Waals surface area contributed by atoms with E-state index in [1.807, 2.05) is 24.0 Å². The normalized spacial score (nSPS) is 10.5. The highest BCUT2D eigenvalue weighted by Gasteiger charge is 2.14. The van der Waals surface area contributed by atoms with Crippen LogP contribution in [-0.4, -0.2) is 50.6 Å². The lowest BCUT2D eigenvalue weighted by Gasteiger charge is -2.20. The van der Waals surface area contributed by atoms with Crippen LogP contribution in [0.25, 0.3) is 0 Å². The maximum absolute atomic E-state index is 12.4. The quantitative estimate of drug-likeness (QED) is 0.614. The summed E-state index contributed by atoms with van der Waals surface area (Å²) in [5.41, 5.74) is 1.13. The Morgan fingerprint density at radius 3 is 2.31 bits per heavy atom. The number of ether oxygens (including phenoxy) is 2. The minimum atomic E-state index is -0.186. The molecule has 0 heterocycles. The molecule has 156 valence electrons. The van der Waals surface area contributed by atoms with Gasteiger partial charge in [0.15, 0.2) is 0 Å². The van der Waals surface area contributed by atoms with E-state index in [9.17, 15) is 9.59 Å². The molecule has 2 N–H and O–H groups in total. The van der Waals surface area contributed by atoms with Gasteiger partial charge in [-0.3, -0.25) is 14.5 Å². The van der Waals surface area contributed by atoms with Crippen molar-refractivity contribution >= 4 is 34.8 Å². The van der Waals surface area contributed by atoms with Gasteiger partial charge in [0, 0.05) is 18.0 Å². The van der Waals surface area contributed by atoms with Gasteiger partial charge in [0.2, 0.25) is 11.8 Å². The Morgan fingerprint density at radius 2 is 1.62 bits per heavy atom. The highest BCUT2D eigenvalue weighted by atomic mass is 35.5. The molecule has 8 heteroatoms. The van der Waals surface area contributed by atoms with Crippen molar-refractivity contribution in [2.75, 3.05) is 44.5 Å². The zero-order valence-electron chi connectivity index (χ0n) is 16.8. The fourth-order valence-electron chi connectivity index (χ4n) is 2.74. The largest absolute Gasteiger partial charge is 0.495 e. The van der Waals surface area contributed by atoms with Gasteiger partial charge in [0.25, 0.3) is 0 Å². The number of halogens is 1. The third kappa shape index (κ3) is 6.96. The Balaban J connectivity index is 1.87. The van der Waals surface area contributed by atoms with Gasteiger partial charge >= 0.3 is 0 Å². The molecule has 0 saturated heterocycles. The summed E-state index contributed by atoms with van der Waals surface area (Å²) in [4.78, 5) is 26.6. The second-order valence-electron chi connectivity index (χ2n) is 6.26. The number of benzene rings is 2. The highest BCUT2D eigenvalue weighted by Crippen LogP contribution is 2.27. The van der Waals surface area contributed by atoms with Crippen LogP contribution >= 0.6 is 11.6 Å². The van der Waals surface area contributed by atoms with Crippen molar-refractivity contribution in [2.45, 2.75) is 13.3 Å². The van der Waals surface area contributed by atoms with E-state index in [2.05, 4.69) is 10.6 Å². The first-order valence-corrected chi connectivity index (χ1v) is 9.63. The lowest BCUT2D eigenvalue weighted by molar-refractivity contribution is -0.119. The van der Waals surface area contributed by atoms with Crippen LogP contribution in [0.4, 0.5) is 11.4 Å². The van der Waals surface area contributed by atoms with E-state index in [-0.39, 0.29) is 24.8 Å². The first-order valence-electron chi connectivity index (χ1n) is 9.25. The predicted molar refractivity (Wildman–Crippen MR) is 115 cm³/mol. The third-order valence-electron chi connectivity index (χ3n) is 4.29. The number of methoxy groups -OCH3 is 2. The molecule has 2 aromatic carbocycles. The Kier molecular flexibility index (Phi) is 8.76. The number of hydrogen-bond acceptors (Lipinski definition) is 5. The van der Waals surface area contributed by atoms with E-state index in [1.54, 1.807) is 37.4 Å². The molecule has 0 aromatic heterocycles. The van der Waals surface area contributed by atoms with E-state index in [1.165, 1.54) is 7.11 Å². The van der Waals surface area contributed by atoms with Crippen LogP contribution in [-0.2, 0) is 9.59 Å². The van der Waals surface area contributed by atoms with Gasteiger partial charge in [0.05, 0.1) is 32.1 Å². The summed E-state index contributed by atoms with van der Waals surface area (Å²) in [6, 6.07) is 12.2. The molecule has 0 aliphatic heterocycles. The summed E-state index contributed by atoms with van der Waals surface area (Å²) in [6.45, 7) is 3.17. The minimum absolute atomic E-state index is 0.169. The molecule has 0 aliphatic rings. The van der Waals surface area contributed by atoms with Gasteiger partial charge < -0.3 is 20.1 Å². The fraction of sp³-hybridized carbons (Fsp3) is 0.333. The van der Waals surface area contributed by atoms with Crippen LogP contribution in [0.5, 0.6) is 11.5 Å². The topological polar surface area (TPSA) is 79.9 Å². The number of para-hydroxylation sites is 2. The average molecular weight is 420 g/mol. The van der Waals surface area contributed by atoms with Crippen LogP contribution in [0.2, 0.25) is 5.02 Å². The van der Waals surface area contributed by atoms with Gasteiger partial charge in [-0.05, 0) is 36.9 Å². The third-order valence-corrected chi connectivity index (χ3v) is 4.52. The van der Waals surface area contributed by atoms with Crippen molar-refractivity contribution in [1.82, 2.24) is 4.90 Å². The van der Waals surface area contributed by atoms with Crippen molar-refractivity contribution in [3.63, 3.8) is 0 Å². The van der Waals surface area contributed by atoms with Gasteiger partial charge in [-0.1, -0.05) is 30.7 Å². The molecule has 2 amide bonds. The van der Waals surface area contributed by atoms with Crippen LogP contribution in [0.3, 0.4) is 0 Å². The van der Waals surface area contributed by atoms with E-state index >= 15 is 0 Å². The van der Waals surface area contributed by atoms with Gasteiger partial charge in [-0.15, -0.1) is 0 Å². The molecule has 7 nitrogen and oxygen atoms in total. The van der Waals surface area contributed by atoms with Crippen molar-refractivity contribution < 1.29 is 19.1 Å². The van der Waals surface area contributed by atoms with Crippen LogP contribution in [0.15, 0.2) is 42.5 Å². The number of amides is 2. The summed E-state index contributed by atoms with van der Waals surface area (Å²) in [5, 5.41) is 6.14. The summed E-state index contributed by atoms with van der Waals surface area (Å²) >= 11 is 5.98. The molecule has 0 bridgehead atoms. The fourth-order valence-corrected chi connectivity index (χ4v) is 2.91.